The third kappa shape index (κ3) is 6.87. The van der Waals surface area contributed by atoms with E-state index in [1.54, 1.807) is 42.2 Å². The molecule has 8 nitrogen and oxygen atoms in total. The lowest BCUT2D eigenvalue weighted by molar-refractivity contribution is -0.139. The minimum atomic E-state index is -4.90. The lowest BCUT2D eigenvalue weighted by Crippen LogP contribution is -2.49. The number of nitrogens with zero attached hydrogens (tertiary/aromatic N) is 2. The number of carbonyl (C=O) groups is 2. The van der Waals surface area contributed by atoms with Gasteiger partial charge in [0.05, 0.1) is 18.0 Å². The summed E-state index contributed by atoms with van der Waals surface area (Å²) in [6.45, 7) is 5.20. The Kier molecular flexibility index (Phi) is 9.29. The summed E-state index contributed by atoms with van der Waals surface area (Å²) in [6.07, 6.45) is -5.94. The summed E-state index contributed by atoms with van der Waals surface area (Å²) < 4.78 is 79.3. The molecule has 0 saturated carbocycles. The maximum Gasteiger partial charge on any atom is 0.416 e. The molecule has 3 heterocycles. The molecule has 4 aromatic rings. The van der Waals surface area contributed by atoms with Crippen LogP contribution in [0.25, 0.3) is 11.1 Å². The van der Waals surface area contributed by atoms with Gasteiger partial charge in [0.15, 0.2) is 0 Å². The molecule has 0 unspecified atom stereocenters. The molecule has 1 aromatic heterocycles. The lowest BCUT2D eigenvalue weighted by Gasteiger charge is -2.34. The number of halogens is 5. The van der Waals surface area contributed by atoms with Crippen molar-refractivity contribution in [2.45, 2.75) is 58.0 Å². The number of nitrogens with one attached hydrogen (secondary N) is 1. The fraction of sp³-hybridized carbons (Fsp3) is 0.324. The number of hydrogen-bond donors (Lipinski definition) is 2. The van der Waals surface area contributed by atoms with Crippen LogP contribution < -0.4 is 15.6 Å². The number of fused-ring (bicyclic) bond motifs is 6. The van der Waals surface area contributed by atoms with Crippen LogP contribution in [0.15, 0.2) is 65.6 Å². The number of aryl methyl sites for hydroxylation is 3. The van der Waals surface area contributed by atoms with Gasteiger partial charge in [-0.05, 0) is 90.9 Å². The van der Waals surface area contributed by atoms with E-state index in [2.05, 4.69) is 5.32 Å². The summed E-state index contributed by atoms with van der Waals surface area (Å²) in [5, 5.41) is 12.5. The van der Waals surface area contributed by atoms with Crippen LogP contribution in [0.3, 0.4) is 0 Å². The molecule has 4 bridgehead atoms. The molecule has 2 N–H and O–H groups in total. The first kappa shape index (κ1) is 34.8. The quantitative estimate of drug-likeness (QED) is 0.215. The normalized spacial score (nSPS) is 18.1. The van der Waals surface area contributed by atoms with Gasteiger partial charge >= 0.3 is 12.1 Å². The predicted molar refractivity (Wildman–Crippen MR) is 175 cm³/mol. The molecular weight excluding hydrogens is 661 g/mol. The molecule has 2 aliphatic rings. The summed E-state index contributed by atoms with van der Waals surface area (Å²) in [5.74, 6) is -2.45. The van der Waals surface area contributed by atoms with Gasteiger partial charge in [-0.3, -0.25) is 23.9 Å². The SMILES string of the molecule is Cc1ccc2cc1[C@@H](n1cc(CCN3CC(F)C3)c(C(F)(F)F)cc1=O)C(=O)N[C@H](CC(=O)O)c1cc(cc(C)c1F)-c1c(C)cccc1O2. The van der Waals surface area contributed by atoms with Crippen molar-refractivity contribution in [3.8, 4) is 22.6 Å². The van der Waals surface area contributed by atoms with Gasteiger partial charge in [-0.15, -0.1) is 0 Å². The van der Waals surface area contributed by atoms with Gasteiger partial charge in [-0.2, -0.15) is 13.2 Å². The Morgan fingerprint density at radius 3 is 2.40 bits per heavy atom. The van der Waals surface area contributed by atoms with Crippen molar-refractivity contribution in [1.82, 2.24) is 14.8 Å². The molecule has 2 atom stereocenters. The monoisotopic (exact) mass is 695 g/mol. The van der Waals surface area contributed by atoms with Crippen LogP contribution in [-0.2, 0) is 22.2 Å². The molecular formula is C37H34F5N3O5. The van der Waals surface area contributed by atoms with E-state index < -0.39 is 59.7 Å². The summed E-state index contributed by atoms with van der Waals surface area (Å²) in [5.41, 5.74) is -0.0625. The number of alkyl halides is 4. The van der Waals surface area contributed by atoms with E-state index in [1.807, 2.05) is 13.0 Å². The third-order valence-electron chi connectivity index (χ3n) is 9.25. The van der Waals surface area contributed by atoms with E-state index in [0.717, 1.165) is 16.3 Å². The number of carbonyl (C=O) groups excluding carboxylic acids is 1. The average molecular weight is 696 g/mol. The van der Waals surface area contributed by atoms with Gasteiger partial charge in [0.1, 0.15) is 29.5 Å². The number of carboxylic acids is 1. The first-order valence-corrected chi connectivity index (χ1v) is 16.0. The Balaban J connectivity index is 1.58. The summed E-state index contributed by atoms with van der Waals surface area (Å²) in [4.78, 5) is 41.8. The van der Waals surface area contributed by atoms with Crippen LogP contribution in [0, 0.1) is 26.6 Å². The lowest BCUT2D eigenvalue weighted by atomic mass is 9.92. The fourth-order valence-electron chi connectivity index (χ4n) is 6.70. The van der Waals surface area contributed by atoms with Crippen molar-refractivity contribution < 1.29 is 41.4 Å². The first-order chi connectivity index (χ1) is 23.6. The van der Waals surface area contributed by atoms with Crippen LogP contribution in [0.5, 0.6) is 11.5 Å². The molecule has 0 radical (unpaired) electrons. The molecule has 50 heavy (non-hydrogen) atoms. The molecule has 6 rings (SSSR count). The molecule has 1 saturated heterocycles. The number of likely N-dealkylation sites (tertiary alicyclic amines) is 1. The Hall–Kier alpha value is -5.04. The number of pyridine rings is 1. The van der Waals surface area contributed by atoms with E-state index in [4.69, 9.17) is 4.74 Å². The summed E-state index contributed by atoms with van der Waals surface area (Å²) >= 11 is 0. The molecule has 0 aliphatic carbocycles. The molecule has 2 aliphatic heterocycles. The van der Waals surface area contributed by atoms with Crippen molar-refractivity contribution in [2.24, 2.45) is 0 Å². The van der Waals surface area contributed by atoms with Gasteiger partial charge < -0.3 is 15.2 Å². The maximum absolute atomic E-state index is 15.9. The van der Waals surface area contributed by atoms with Crippen molar-refractivity contribution >= 4 is 11.9 Å². The first-order valence-electron chi connectivity index (χ1n) is 16.0. The zero-order chi connectivity index (χ0) is 36.1. The number of hydrogen-bond acceptors (Lipinski definition) is 5. The highest BCUT2D eigenvalue weighted by atomic mass is 19.4. The third-order valence-corrected chi connectivity index (χ3v) is 9.25. The highest BCUT2D eigenvalue weighted by Crippen LogP contribution is 2.41. The Bertz CT molecular complexity index is 2050. The van der Waals surface area contributed by atoms with Crippen LogP contribution in [0.1, 0.15) is 57.4 Å². The zero-order valence-corrected chi connectivity index (χ0v) is 27.4. The fourth-order valence-corrected chi connectivity index (χ4v) is 6.70. The Labute approximate surface area is 284 Å². The van der Waals surface area contributed by atoms with Gasteiger partial charge in [-0.25, -0.2) is 8.78 Å². The van der Waals surface area contributed by atoms with Crippen LogP contribution in [0.4, 0.5) is 22.0 Å². The highest BCUT2D eigenvalue weighted by Gasteiger charge is 2.37. The van der Waals surface area contributed by atoms with Crippen molar-refractivity contribution in [3.05, 3.63) is 116 Å². The minimum absolute atomic E-state index is 0.0723. The topological polar surface area (TPSA) is 101 Å². The molecule has 1 amide bonds. The smallest absolute Gasteiger partial charge is 0.416 e. The van der Waals surface area contributed by atoms with Gasteiger partial charge in [-0.1, -0.05) is 18.2 Å². The standard InChI is InChI=1S/C37H34F5N3O5/c1-19-7-8-25-13-26(19)35(45-16-22(9-10-44-17-24(38)18-44)28(14-31(45)46)37(40,41)42)36(49)43-29(15-32(47)48)27-12-23(11-21(3)34(27)39)33-20(2)5-4-6-30(33)50-25/h4-8,11-14,16,24,29,35H,9-10,15,17-18H2,1-3H3,(H,43,49)(H,47,48)/t29-,35-/m1/s1. The summed E-state index contributed by atoms with van der Waals surface area (Å²) in [7, 11) is 0. The zero-order valence-electron chi connectivity index (χ0n) is 27.4. The van der Waals surface area contributed by atoms with Crippen LogP contribution >= 0.6 is 0 Å². The number of aromatic nitrogens is 1. The number of ether oxygens (including phenoxy) is 1. The molecule has 3 aromatic carbocycles. The predicted octanol–water partition coefficient (Wildman–Crippen LogP) is 6.82. The Morgan fingerprint density at radius 1 is 0.980 bits per heavy atom. The van der Waals surface area contributed by atoms with Gasteiger partial charge in [0, 0.05) is 43.0 Å². The average Bonchev–Trinajstić information content (AvgIpc) is 3.02. The van der Waals surface area contributed by atoms with E-state index in [9.17, 15) is 37.1 Å². The number of amides is 1. The van der Waals surface area contributed by atoms with E-state index >= 15 is 4.39 Å². The van der Waals surface area contributed by atoms with Crippen molar-refractivity contribution in [2.75, 3.05) is 19.6 Å². The molecule has 262 valence electrons. The van der Waals surface area contributed by atoms with E-state index in [0.29, 0.717) is 28.5 Å². The number of benzene rings is 3. The van der Waals surface area contributed by atoms with Gasteiger partial charge in [0.2, 0.25) is 5.91 Å². The van der Waals surface area contributed by atoms with Crippen molar-refractivity contribution in [1.29, 1.82) is 0 Å². The second-order valence-corrected chi connectivity index (χ2v) is 12.9. The number of aliphatic carboxylic acids is 1. The Morgan fingerprint density at radius 2 is 1.72 bits per heavy atom. The summed E-state index contributed by atoms with van der Waals surface area (Å²) in [6, 6.07) is 10.5. The maximum atomic E-state index is 15.9. The second-order valence-electron chi connectivity index (χ2n) is 12.9. The largest absolute Gasteiger partial charge is 0.481 e. The minimum Gasteiger partial charge on any atom is -0.481 e. The molecule has 13 heteroatoms. The van der Waals surface area contributed by atoms with E-state index in [1.165, 1.54) is 19.1 Å². The van der Waals surface area contributed by atoms with Gasteiger partial charge in [0.25, 0.3) is 5.56 Å². The number of rotatable bonds is 6. The molecule has 0 spiro atoms. The van der Waals surface area contributed by atoms with E-state index in [-0.39, 0.29) is 54.1 Å². The van der Waals surface area contributed by atoms with Crippen molar-refractivity contribution in [3.63, 3.8) is 0 Å². The van der Waals surface area contributed by atoms with Crippen LogP contribution in [-0.4, -0.2) is 52.3 Å². The second kappa shape index (κ2) is 13.3. The number of carboxylic acid groups (broad SMARTS) is 1. The highest BCUT2D eigenvalue weighted by molar-refractivity contribution is 5.86. The molecule has 1 fully saturated rings. The van der Waals surface area contributed by atoms with Crippen LogP contribution in [0.2, 0.25) is 0 Å².